The van der Waals surface area contributed by atoms with Crippen LogP contribution in [0.5, 0.6) is 0 Å². The first-order valence-corrected chi connectivity index (χ1v) is 6.63. The number of nitrogens with one attached hydrogen (secondary N) is 1. The summed E-state index contributed by atoms with van der Waals surface area (Å²) >= 11 is 1.89. The second-order valence-corrected chi connectivity index (χ2v) is 5.27. The average Bonchev–Trinajstić information content (AvgIpc) is 2.96. The number of thioether (sulfide) groups is 1. The van der Waals surface area contributed by atoms with Crippen molar-refractivity contribution in [1.29, 1.82) is 0 Å². The molecule has 0 aromatic rings. The topological polar surface area (TPSA) is 88.0 Å². The van der Waals surface area contributed by atoms with Crippen LogP contribution in [0.25, 0.3) is 0 Å². The van der Waals surface area contributed by atoms with E-state index in [0.717, 1.165) is 17.9 Å². The quantitative estimate of drug-likeness (QED) is 0.746. The van der Waals surface area contributed by atoms with Crippen molar-refractivity contribution in [2.75, 3.05) is 18.1 Å². The van der Waals surface area contributed by atoms with Gasteiger partial charge in [-0.2, -0.15) is 11.8 Å². The molecule has 0 aliphatic carbocycles. The third-order valence-electron chi connectivity index (χ3n) is 2.80. The minimum Gasteiger partial charge on any atom is -0.477 e. The Labute approximate surface area is 103 Å². The highest BCUT2D eigenvalue weighted by Gasteiger charge is 2.31. The molecule has 17 heavy (non-hydrogen) atoms. The average molecular weight is 258 g/mol. The molecule has 2 unspecified atom stereocenters. The van der Waals surface area contributed by atoms with Gasteiger partial charge in [0.15, 0.2) is 5.71 Å². The number of carbonyl (C=O) groups excluding carboxylic acids is 1. The summed E-state index contributed by atoms with van der Waals surface area (Å²) in [5.74, 6) is 1.33. The lowest BCUT2D eigenvalue weighted by atomic mass is 10.1. The van der Waals surface area contributed by atoms with Gasteiger partial charge >= 0.3 is 5.97 Å². The fourth-order valence-corrected chi connectivity index (χ4v) is 3.03. The third kappa shape index (κ3) is 3.12. The molecule has 1 fully saturated rings. The summed E-state index contributed by atoms with van der Waals surface area (Å²) in [4.78, 5) is 27.0. The van der Waals surface area contributed by atoms with E-state index in [1.165, 1.54) is 0 Å². The molecule has 1 saturated heterocycles. The van der Waals surface area contributed by atoms with Crippen LogP contribution in [0.15, 0.2) is 5.16 Å². The minimum absolute atomic E-state index is 0.0422. The van der Waals surface area contributed by atoms with Crippen molar-refractivity contribution in [3.63, 3.8) is 0 Å². The van der Waals surface area contributed by atoms with Crippen molar-refractivity contribution in [2.45, 2.75) is 18.9 Å². The van der Waals surface area contributed by atoms with E-state index in [9.17, 15) is 9.59 Å². The van der Waals surface area contributed by atoms with Gasteiger partial charge in [0.2, 0.25) is 6.10 Å². The number of hydrogen-bond acceptors (Lipinski definition) is 5. The van der Waals surface area contributed by atoms with Crippen molar-refractivity contribution in [3.8, 4) is 0 Å². The van der Waals surface area contributed by atoms with Crippen LogP contribution in [0, 0.1) is 5.92 Å². The van der Waals surface area contributed by atoms with Crippen molar-refractivity contribution < 1.29 is 19.5 Å². The van der Waals surface area contributed by atoms with Gasteiger partial charge in [-0.05, 0) is 23.8 Å². The van der Waals surface area contributed by atoms with Gasteiger partial charge in [-0.15, -0.1) is 0 Å². The molecule has 2 aliphatic heterocycles. The molecule has 94 valence electrons. The van der Waals surface area contributed by atoms with Crippen LogP contribution in [0.1, 0.15) is 12.8 Å². The number of carboxylic acids is 1. The molecular formula is C10H14N2O4S. The minimum atomic E-state index is -1.13. The summed E-state index contributed by atoms with van der Waals surface area (Å²) in [6, 6.07) is 0. The Balaban J connectivity index is 1.72. The second kappa shape index (κ2) is 5.39. The molecule has 0 bridgehead atoms. The van der Waals surface area contributed by atoms with Gasteiger partial charge in [0.1, 0.15) is 0 Å². The lowest BCUT2D eigenvalue weighted by molar-refractivity contribution is -0.131. The summed E-state index contributed by atoms with van der Waals surface area (Å²) in [7, 11) is 0. The summed E-state index contributed by atoms with van der Waals surface area (Å²) in [6.45, 7) is 0.633. The molecule has 2 atom stereocenters. The number of nitrogens with zero attached hydrogens (tertiary/aromatic N) is 1. The predicted molar refractivity (Wildman–Crippen MR) is 63.0 cm³/mol. The number of hydrogen-bond donors (Lipinski definition) is 2. The Morgan fingerprint density at radius 3 is 3.00 bits per heavy atom. The van der Waals surface area contributed by atoms with E-state index in [-0.39, 0.29) is 18.0 Å². The normalized spacial score (nSPS) is 27.4. The fourth-order valence-electron chi connectivity index (χ4n) is 1.75. The van der Waals surface area contributed by atoms with E-state index >= 15 is 0 Å². The number of carboxylic acid groups (broad SMARTS) is 1. The molecular weight excluding hydrogens is 244 g/mol. The highest BCUT2D eigenvalue weighted by atomic mass is 32.2. The first-order chi connectivity index (χ1) is 8.16. The van der Waals surface area contributed by atoms with E-state index in [1.807, 2.05) is 11.8 Å². The van der Waals surface area contributed by atoms with E-state index in [2.05, 4.69) is 10.5 Å². The maximum atomic E-state index is 11.7. The number of carbonyl (C=O) groups is 2. The largest absolute Gasteiger partial charge is 0.477 e. The molecule has 1 amide bonds. The van der Waals surface area contributed by atoms with Crippen LogP contribution < -0.4 is 5.32 Å². The second-order valence-electron chi connectivity index (χ2n) is 4.12. The Bertz CT molecular complexity index is 352. The third-order valence-corrected chi connectivity index (χ3v) is 4.03. The molecule has 7 heteroatoms. The summed E-state index contributed by atoms with van der Waals surface area (Å²) in [5, 5.41) is 14.8. The van der Waals surface area contributed by atoms with Gasteiger partial charge < -0.3 is 15.3 Å². The zero-order chi connectivity index (χ0) is 12.3. The molecule has 0 aromatic heterocycles. The lowest BCUT2D eigenvalue weighted by Gasteiger charge is -2.12. The Morgan fingerprint density at radius 2 is 2.41 bits per heavy atom. The van der Waals surface area contributed by atoms with E-state index in [4.69, 9.17) is 9.94 Å². The molecule has 6 nitrogen and oxygen atoms in total. The predicted octanol–water partition coefficient (Wildman–Crippen LogP) is 0.0852. The number of amides is 1. The van der Waals surface area contributed by atoms with Crippen molar-refractivity contribution >= 4 is 29.4 Å². The van der Waals surface area contributed by atoms with Crippen molar-refractivity contribution in [2.24, 2.45) is 11.1 Å². The fraction of sp³-hybridized carbons (Fsp3) is 0.700. The van der Waals surface area contributed by atoms with Gasteiger partial charge in [-0.1, -0.05) is 5.16 Å². The summed E-state index contributed by atoms with van der Waals surface area (Å²) in [6.07, 6.45) is 0.378. The van der Waals surface area contributed by atoms with Crippen LogP contribution in [0.2, 0.25) is 0 Å². The summed E-state index contributed by atoms with van der Waals surface area (Å²) in [5.41, 5.74) is -0.0958. The van der Waals surface area contributed by atoms with Gasteiger partial charge in [0.05, 0.1) is 0 Å². The standard InChI is InChI=1S/C10H14N2O4S/c13-9(11-4-6-1-2-17-5-6)8-3-7(10(14)15)12-16-8/h6,8H,1-5H2,(H,11,13)(H,14,15). The molecule has 0 saturated carbocycles. The first-order valence-electron chi connectivity index (χ1n) is 5.48. The molecule has 0 radical (unpaired) electrons. The number of aliphatic carboxylic acids is 1. The molecule has 0 spiro atoms. The van der Waals surface area contributed by atoms with Crippen LogP contribution in [-0.4, -0.2) is 46.8 Å². The van der Waals surface area contributed by atoms with Crippen molar-refractivity contribution in [1.82, 2.24) is 5.32 Å². The molecule has 2 aliphatic rings. The van der Waals surface area contributed by atoms with Gasteiger partial charge in [-0.25, -0.2) is 4.79 Å². The first kappa shape index (κ1) is 12.2. The molecule has 2 N–H and O–H groups in total. The van der Waals surface area contributed by atoms with Gasteiger partial charge in [0.25, 0.3) is 5.91 Å². The van der Waals surface area contributed by atoms with E-state index in [0.29, 0.717) is 12.5 Å². The smallest absolute Gasteiger partial charge is 0.353 e. The van der Waals surface area contributed by atoms with Crippen LogP contribution in [0.4, 0.5) is 0 Å². The van der Waals surface area contributed by atoms with Crippen LogP contribution in [0.3, 0.4) is 0 Å². The summed E-state index contributed by atoms with van der Waals surface area (Å²) < 4.78 is 0. The van der Waals surface area contributed by atoms with E-state index < -0.39 is 12.1 Å². The highest BCUT2D eigenvalue weighted by molar-refractivity contribution is 7.99. The zero-order valence-corrected chi connectivity index (χ0v) is 10.0. The molecule has 2 rings (SSSR count). The monoisotopic (exact) mass is 258 g/mol. The Hall–Kier alpha value is -1.24. The van der Waals surface area contributed by atoms with Crippen LogP contribution >= 0.6 is 11.8 Å². The maximum absolute atomic E-state index is 11.7. The lowest BCUT2D eigenvalue weighted by Crippen LogP contribution is -2.38. The van der Waals surface area contributed by atoms with Crippen LogP contribution in [-0.2, 0) is 14.4 Å². The molecule has 2 heterocycles. The SMILES string of the molecule is O=C(O)C1=NOC(C(=O)NCC2CCSC2)C1. The highest BCUT2D eigenvalue weighted by Crippen LogP contribution is 2.22. The number of rotatable bonds is 4. The van der Waals surface area contributed by atoms with Gasteiger partial charge in [0, 0.05) is 13.0 Å². The zero-order valence-electron chi connectivity index (χ0n) is 9.22. The van der Waals surface area contributed by atoms with Crippen molar-refractivity contribution in [3.05, 3.63) is 0 Å². The molecule has 0 aromatic carbocycles. The van der Waals surface area contributed by atoms with Gasteiger partial charge in [-0.3, -0.25) is 4.79 Å². The number of oxime groups is 1. The Kier molecular flexibility index (Phi) is 3.88. The van der Waals surface area contributed by atoms with E-state index in [1.54, 1.807) is 0 Å². The maximum Gasteiger partial charge on any atom is 0.353 e. The Morgan fingerprint density at radius 1 is 1.59 bits per heavy atom.